The lowest BCUT2D eigenvalue weighted by molar-refractivity contribution is 0.624. The van der Waals surface area contributed by atoms with E-state index in [0.717, 1.165) is 11.3 Å². The van der Waals surface area contributed by atoms with Gasteiger partial charge < -0.3 is 5.32 Å². The molecule has 1 aromatic heterocycles. The average Bonchev–Trinajstić information content (AvgIpc) is 2.76. The number of nitrogens with zero attached hydrogens (tertiary/aromatic N) is 3. The number of halogens is 2. The van der Waals surface area contributed by atoms with Gasteiger partial charge in [-0.15, -0.1) is 0 Å². The number of nitrogens with one attached hydrogen (secondary N) is 2. The third kappa shape index (κ3) is 4.02. The number of rotatable bonds is 4. The van der Waals surface area contributed by atoms with Crippen LogP contribution in [0.3, 0.4) is 0 Å². The van der Waals surface area contributed by atoms with E-state index >= 15 is 0 Å². The van der Waals surface area contributed by atoms with E-state index in [4.69, 9.17) is 23.8 Å². The molecule has 2 rings (SSSR count). The van der Waals surface area contributed by atoms with E-state index < -0.39 is 0 Å². The molecular formula is C14H15ClFN5S. The Kier molecular flexibility index (Phi) is 5.46. The second-order valence-electron chi connectivity index (χ2n) is 4.52. The summed E-state index contributed by atoms with van der Waals surface area (Å²) >= 11 is 11.2. The van der Waals surface area contributed by atoms with Crippen LogP contribution in [0.1, 0.15) is 16.8 Å². The zero-order valence-electron chi connectivity index (χ0n) is 12.1. The standard InChI is InChI=1S/C14H15ClFN5S/c1-9-12(7-18-19-14(22)17-2)13(15)21(20-9)8-10-3-5-11(16)6-4-10/h3-7H,8H2,1-2H3,(H2,17,19,22). The highest BCUT2D eigenvalue weighted by Gasteiger charge is 2.12. The molecule has 0 saturated carbocycles. The number of aromatic nitrogens is 2. The summed E-state index contributed by atoms with van der Waals surface area (Å²) in [6.45, 7) is 2.29. The number of hydrogen-bond donors (Lipinski definition) is 2. The van der Waals surface area contributed by atoms with Gasteiger partial charge in [-0.25, -0.2) is 9.07 Å². The third-order valence-corrected chi connectivity index (χ3v) is 3.64. The number of thiocarbonyl (C=S) groups is 1. The fourth-order valence-electron chi connectivity index (χ4n) is 1.79. The van der Waals surface area contributed by atoms with Crippen LogP contribution in [-0.2, 0) is 6.54 Å². The van der Waals surface area contributed by atoms with Gasteiger partial charge in [0.05, 0.1) is 24.0 Å². The minimum absolute atomic E-state index is 0.272. The van der Waals surface area contributed by atoms with Gasteiger partial charge in [0.2, 0.25) is 0 Å². The molecule has 116 valence electrons. The van der Waals surface area contributed by atoms with Crippen molar-refractivity contribution in [2.75, 3.05) is 7.05 Å². The normalized spacial score (nSPS) is 10.9. The summed E-state index contributed by atoms with van der Waals surface area (Å²) < 4.78 is 14.6. The van der Waals surface area contributed by atoms with Crippen LogP contribution >= 0.6 is 23.8 Å². The second kappa shape index (κ2) is 7.33. The highest BCUT2D eigenvalue weighted by atomic mass is 35.5. The molecule has 1 heterocycles. The maximum Gasteiger partial charge on any atom is 0.186 e. The minimum Gasteiger partial charge on any atom is -0.364 e. The molecule has 2 N–H and O–H groups in total. The van der Waals surface area contributed by atoms with Crippen molar-refractivity contribution in [2.24, 2.45) is 5.10 Å². The predicted octanol–water partition coefficient (Wildman–Crippen LogP) is 2.46. The van der Waals surface area contributed by atoms with Crippen molar-refractivity contribution in [3.8, 4) is 0 Å². The summed E-state index contributed by atoms with van der Waals surface area (Å²) in [6, 6.07) is 6.21. The molecule has 5 nitrogen and oxygen atoms in total. The molecule has 0 amide bonds. The van der Waals surface area contributed by atoms with Gasteiger partial charge in [0.15, 0.2) is 5.11 Å². The van der Waals surface area contributed by atoms with Gasteiger partial charge in [-0.05, 0) is 36.8 Å². The van der Waals surface area contributed by atoms with Crippen LogP contribution in [0.4, 0.5) is 4.39 Å². The summed E-state index contributed by atoms with van der Waals surface area (Å²) in [5, 5.41) is 12.0. The van der Waals surface area contributed by atoms with E-state index in [1.54, 1.807) is 30.1 Å². The van der Waals surface area contributed by atoms with Crippen molar-refractivity contribution in [3.63, 3.8) is 0 Å². The molecule has 1 aromatic carbocycles. The van der Waals surface area contributed by atoms with Crippen LogP contribution in [0.2, 0.25) is 5.15 Å². The van der Waals surface area contributed by atoms with Gasteiger partial charge in [-0.3, -0.25) is 5.43 Å². The van der Waals surface area contributed by atoms with Crippen LogP contribution in [0.5, 0.6) is 0 Å². The SMILES string of the molecule is CNC(=S)NN=Cc1c(C)nn(Cc2ccc(F)cc2)c1Cl. The Morgan fingerprint density at radius 2 is 2.14 bits per heavy atom. The highest BCUT2D eigenvalue weighted by Crippen LogP contribution is 2.19. The van der Waals surface area contributed by atoms with Crippen LogP contribution < -0.4 is 10.7 Å². The fraction of sp³-hybridized carbons (Fsp3) is 0.214. The van der Waals surface area contributed by atoms with Crippen molar-refractivity contribution in [1.29, 1.82) is 0 Å². The first kappa shape index (κ1) is 16.4. The lowest BCUT2D eigenvalue weighted by atomic mass is 10.2. The maximum atomic E-state index is 12.9. The number of hydrogen-bond acceptors (Lipinski definition) is 3. The molecule has 0 aliphatic rings. The first-order valence-corrected chi connectivity index (χ1v) is 7.28. The third-order valence-electron chi connectivity index (χ3n) is 2.94. The molecule has 0 radical (unpaired) electrons. The molecule has 0 bridgehead atoms. The number of aryl methyl sites for hydroxylation is 1. The van der Waals surface area contributed by atoms with E-state index in [1.807, 2.05) is 6.92 Å². The Morgan fingerprint density at radius 1 is 1.45 bits per heavy atom. The zero-order valence-corrected chi connectivity index (χ0v) is 13.7. The van der Waals surface area contributed by atoms with E-state index in [9.17, 15) is 4.39 Å². The van der Waals surface area contributed by atoms with Gasteiger partial charge in [-0.2, -0.15) is 10.2 Å². The molecule has 0 unspecified atom stereocenters. The molecule has 0 fully saturated rings. The number of benzene rings is 1. The first-order chi connectivity index (χ1) is 10.5. The van der Waals surface area contributed by atoms with Crippen LogP contribution in [0.15, 0.2) is 29.4 Å². The molecule has 2 aromatic rings. The van der Waals surface area contributed by atoms with Gasteiger partial charge in [0, 0.05) is 7.05 Å². The van der Waals surface area contributed by atoms with E-state index in [1.165, 1.54) is 12.1 Å². The van der Waals surface area contributed by atoms with E-state index in [0.29, 0.717) is 22.4 Å². The molecular weight excluding hydrogens is 325 g/mol. The van der Waals surface area contributed by atoms with Crippen LogP contribution in [0.25, 0.3) is 0 Å². The fourth-order valence-corrected chi connectivity index (χ4v) is 2.13. The first-order valence-electron chi connectivity index (χ1n) is 6.49. The van der Waals surface area contributed by atoms with Crippen molar-refractivity contribution in [1.82, 2.24) is 20.5 Å². The van der Waals surface area contributed by atoms with Crippen molar-refractivity contribution < 1.29 is 4.39 Å². The Labute approximate surface area is 138 Å². The molecule has 0 atom stereocenters. The molecule has 0 aliphatic carbocycles. The smallest absolute Gasteiger partial charge is 0.186 e. The van der Waals surface area contributed by atoms with Crippen molar-refractivity contribution >= 4 is 35.1 Å². The quantitative estimate of drug-likeness (QED) is 0.510. The van der Waals surface area contributed by atoms with Crippen LogP contribution in [-0.4, -0.2) is 28.2 Å². The topological polar surface area (TPSA) is 54.2 Å². The molecule has 0 spiro atoms. The predicted molar refractivity (Wildman–Crippen MR) is 89.9 cm³/mol. The number of hydrazone groups is 1. The summed E-state index contributed by atoms with van der Waals surface area (Å²) in [5.41, 5.74) is 5.01. The molecule has 0 aliphatic heterocycles. The average molecular weight is 340 g/mol. The molecule has 8 heteroatoms. The van der Waals surface area contributed by atoms with E-state index in [2.05, 4.69) is 20.9 Å². The second-order valence-corrected chi connectivity index (χ2v) is 5.29. The zero-order chi connectivity index (χ0) is 16.1. The lowest BCUT2D eigenvalue weighted by Crippen LogP contribution is -2.28. The lowest BCUT2D eigenvalue weighted by Gasteiger charge is -2.03. The van der Waals surface area contributed by atoms with Gasteiger partial charge in [0.25, 0.3) is 0 Å². The Hall–Kier alpha value is -1.99. The molecule has 0 saturated heterocycles. The Bertz CT molecular complexity index is 696. The highest BCUT2D eigenvalue weighted by molar-refractivity contribution is 7.80. The van der Waals surface area contributed by atoms with Gasteiger partial charge in [0.1, 0.15) is 11.0 Å². The maximum absolute atomic E-state index is 12.9. The van der Waals surface area contributed by atoms with Gasteiger partial charge in [-0.1, -0.05) is 23.7 Å². The minimum atomic E-state index is -0.272. The van der Waals surface area contributed by atoms with Crippen molar-refractivity contribution in [2.45, 2.75) is 13.5 Å². The Balaban J connectivity index is 2.16. The summed E-state index contributed by atoms with van der Waals surface area (Å²) in [7, 11) is 1.70. The van der Waals surface area contributed by atoms with E-state index in [-0.39, 0.29) is 5.82 Å². The monoisotopic (exact) mass is 339 g/mol. The molecule has 22 heavy (non-hydrogen) atoms. The summed E-state index contributed by atoms with van der Waals surface area (Å²) in [4.78, 5) is 0. The summed E-state index contributed by atoms with van der Waals surface area (Å²) in [5.74, 6) is -0.272. The van der Waals surface area contributed by atoms with Crippen LogP contribution in [0, 0.1) is 12.7 Å². The summed E-state index contributed by atoms with van der Waals surface area (Å²) in [6.07, 6.45) is 1.56. The van der Waals surface area contributed by atoms with Gasteiger partial charge >= 0.3 is 0 Å². The largest absolute Gasteiger partial charge is 0.364 e. The Morgan fingerprint density at radius 3 is 2.77 bits per heavy atom. The van der Waals surface area contributed by atoms with Crippen molar-refractivity contribution in [3.05, 3.63) is 52.1 Å².